The molecule has 10 nitrogen and oxygen atoms in total. The van der Waals surface area contributed by atoms with Crippen LogP contribution < -0.4 is 0 Å². The lowest BCUT2D eigenvalue weighted by Crippen LogP contribution is -2.62. The van der Waals surface area contributed by atoms with Gasteiger partial charge in [0.1, 0.15) is 12.2 Å². The topological polar surface area (TPSA) is 129 Å². The van der Waals surface area contributed by atoms with Crippen molar-refractivity contribution in [2.75, 3.05) is 19.8 Å². The van der Waals surface area contributed by atoms with Crippen LogP contribution in [0.4, 0.5) is 0 Å². The summed E-state index contributed by atoms with van der Waals surface area (Å²) in [7, 11) is 0. The van der Waals surface area contributed by atoms with E-state index in [0.29, 0.717) is 30.3 Å². The van der Waals surface area contributed by atoms with Gasteiger partial charge >= 0.3 is 17.9 Å². The Labute approximate surface area is 455 Å². The first-order valence-corrected chi connectivity index (χ1v) is 32.4. The summed E-state index contributed by atoms with van der Waals surface area (Å²) in [6.07, 6.45) is 41.7. The highest BCUT2D eigenvalue weighted by molar-refractivity contribution is 5.81. The number of esters is 3. The lowest BCUT2D eigenvalue weighted by Gasteiger charge is -2.56. The summed E-state index contributed by atoms with van der Waals surface area (Å²) < 4.78 is 24.2. The Hall–Kier alpha value is -2.46. The van der Waals surface area contributed by atoms with Crippen LogP contribution in [-0.4, -0.2) is 83.5 Å². The zero-order valence-corrected chi connectivity index (χ0v) is 47.6. The third kappa shape index (κ3) is 16.1. The second-order valence-corrected chi connectivity index (χ2v) is 26.4. The molecule has 9 atom stereocenters. The highest BCUT2D eigenvalue weighted by atomic mass is 16.5. The van der Waals surface area contributed by atoms with E-state index < -0.39 is 5.60 Å². The van der Waals surface area contributed by atoms with Crippen molar-refractivity contribution >= 4 is 23.8 Å². The molecule has 0 spiro atoms. The first kappa shape index (κ1) is 58.7. The van der Waals surface area contributed by atoms with Crippen LogP contribution in [0.15, 0.2) is 12.7 Å². The lowest BCUT2D eigenvalue weighted by molar-refractivity contribution is -0.175. The van der Waals surface area contributed by atoms with Gasteiger partial charge in [-0.2, -0.15) is 0 Å². The molecule has 1 amide bonds. The average molecular weight is 1050 g/mol. The quantitative estimate of drug-likeness (QED) is 0.0411. The predicted octanol–water partition coefficient (Wildman–Crippen LogP) is 14.6. The molecule has 75 heavy (non-hydrogen) atoms. The number of hydrogen-bond donors (Lipinski definition) is 1. The zero-order chi connectivity index (χ0) is 52.6. The standard InChI is InChI=1S/C65H107NO9/c1-4-7-11-16-46-19-23-49(24-20-46)63(69)74-58-37-31-51-42-55(33-27-53(51)44-58)65(71,56-34-28-54-45-59(38-32-52(54)43-56)75-64(70)50-25-21-47(22-26-50)17-12-8-5-2)60-18-15-39-66(60)62(68)48-29-35-57(36-30-48)72-40-13-9-10-14-41-73-61(67)6-3/h6,46-60,71H,3-5,7-45H2,1-2H3/t46?,47?,48?,49?,50?,51?,52?,53?,54?,55?,56?,57?,58?,59?,60-,65?/m0/s1. The van der Waals surface area contributed by atoms with Crippen molar-refractivity contribution < 1.29 is 43.2 Å². The molecular weight excluding hydrogens is 939 g/mol. The van der Waals surface area contributed by atoms with E-state index in [9.17, 15) is 24.3 Å². The van der Waals surface area contributed by atoms with E-state index in [2.05, 4.69) is 25.3 Å². The van der Waals surface area contributed by atoms with Gasteiger partial charge in [0.25, 0.3) is 0 Å². The highest BCUT2D eigenvalue weighted by Gasteiger charge is 2.58. The molecule has 8 unspecified atom stereocenters. The molecule has 1 saturated heterocycles. The lowest BCUT2D eigenvalue weighted by atomic mass is 9.55. The van der Waals surface area contributed by atoms with Gasteiger partial charge in [0.2, 0.25) is 5.91 Å². The van der Waals surface area contributed by atoms with E-state index >= 15 is 0 Å². The molecule has 8 aliphatic rings. The highest BCUT2D eigenvalue weighted by Crippen LogP contribution is 2.56. The minimum Gasteiger partial charge on any atom is -0.463 e. The van der Waals surface area contributed by atoms with Crippen LogP contribution in [0.2, 0.25) is 0 Å². The molecule has 0 aromatic carbocycles. The first-order valence-electron chi connectivity index (χ1n) is 32.4. The number of ether oxygens (including phenoxy) is 4. The van der Waals surface area contributed by atoms with Crippen LogP contribution in [0.5, 0.6) is 0 Å². The number of carbonyl (C=O) groups excluding carboxylic acids is 4. The second kappa shape index (κ2) is 29.7. The third-order valence-corrected chi connectivity index (χ3v) is 21.7. The summed E-state index contributed by atoms with van der Waals surface area (Å²) in [5.74, 6) is 4.10. The number of amides is 1. The molecule has 8 fully saturated rings. The van der Waals surface area contributed by atoms with Gasteiger partial charge < -0.3 is 29.0 Å². The fourth-order valence-corrected chi connectivity index (χ4v) is 17.1. The van der Waals surface area contributed by atoms with Gasteiger partial charge in [-0.1, -0.05) is 78.2 Å². The van der Waals surface area contributed by atoms with E-state index in [0.717, 1.165) is 192 Å². The second-order valence-electron chi connectivity index (χ2n) is 26.4. The van der Waals surface area contributed by atoms with Crippen LogP contribution in [-0.2, 0) is 38.1 Å². The Balaban J connectivity index is 0.861. The molecule has 8 rings (SSSR count). The monoisotopic (exact) mass is 1050 g/mol. The number of unbranched alkanes of at least 4 members (excludes halogenated alkanes) is 7. The SMILES string of the molecule is C=CC(=O)OCCCCCCOC1CCC(C(=O)N2CCC[C@H]2C(O)(C2CCC3CC(OC(=O)C4CCC(CCCCC)CC4)CCC3C2)C2CCC3CC(OC(=O)C4CCC(CCCCC)CC4)CCC3C2)CC1. The Morgan fingerprint density at radius 3 is 1.49 bits per heavy atom. The number of rotatable bonds is 25. The van der Waals surface area contributed by atoms with Crippen molar-refractivity contribution in [3.63, 3.8) is 0 Å². The van der Waals surface area contributed by atoms with Crippen LogP contribution >= 0.6 is 0 Å². The molecule has 1 heterocycles. The summed E-state index contributed by atoms with van der Waals surface area (Å²) in [4.78, 5) is 55.6. The number of nitrogens with zero attached hydrogens (tertiary/aromatic N) is 1. The molecule has 7 aliphatic carbocycles. The molecule has 0 radical (unpaired) electrons. The fraction of sp³-hybridized carbons (Fsp3) is 0.908. The van der Waals surface area contributed by atoms with Crippen LogP contribution in [0.3, 0.4) is 0 Å². The van der Waals surface area contributed by atoms with E-state index in [-0.39, 0.29) is 77.8 Å². The zero-order valence-electron chi connectivity index (χ0n) is 47.6. The van der Waals surface area contributed by atoms with Crippen molar-refractivity contribution in [3.05, 3.63) is 12.7 Å². The number of carbonyl (C=O) groups is 4. The average Bonchev–Trinajstić information content (AvgIpc) is 3.94. The van der Waals surface area contributed by atoms with Gasteiger partial charge in [-0.15, -0.1) is 0 Å². The Morgan fingerprint density at radius 2 is 0.987 bits per heavy atom. The third-order valence-electron chi connectivity index (χ3n) is 21.7. The maximum absolute atomic E-state index is 14.9. The number of likely N-dealkylation sites (tertiary alicyclic amines) is 1. The molecule has 1 aliphatic heterocycles. The fourth-order valence-electron chi connectivity index (χ4n) is 17.1. The summed E-state index contributed by atoms with van der Waals surface area (Å²) in [5, 5.41) is 14.0. The Kier molecular flexibility index (Phi) is 23.2. The van der Waals surface area contributed by atoms with Gasteiger partial charge in [0, 0.05) is 25.1 Å². The number of aliphatic hydroxyl groups is 1. The van der Waals surface area contributed by atoms with Crippen molar-refractivity contribution in [3.8, 4) is 0 Å². The molecule has 0 aromatic heterocycles. The molecule has 0 bridgehead atoms. The van der Waals surface area contributed by atoms with Crippen LogP contribution in [0.1, 0.15) is 258 Å². The number of fused-ring (bicyclic) bond motifs is 2. The molecule has 426 valence electrons. The van der Waals surface area contributed by atoms with Gasteiger partial charge in [-0.25, -0.2) is 4.79 Å². The van der Waals surface area contributed by atoms with E-state index in [4.69, 9.17) is 18.9 Å². The maximum Gasteiger partial charge on any atom is 0.330 e. The Bertz CT molecular complexity index is 1680. The van der Waals surface area contributed by atoms with Gasteiger partial charge in [0.05, 0.1) is 36.2 Å². The first-order chi connectivity index (χ1) is 36.6. The van der Waals surface area contributed by atoms with E-state index in [1.165, 1.54) is 83.1 Å². The maximum atomic E-state index is 14.9. The molecule has 0 aromatic rings. The van der Waals surface area contributed by atoms with Gasteiger partial charge in [-0.3, -0.25) is 14.4 Å². The van der Waals surface area contributed by atoms with Gasteiger partial charge in [-0.05, 0) is 234 Å². The minimum absolute atomic E-state index is 0.0166. The van der Waals surface area contributed by atoms with Crippen molar-refractivity contribution in [2.24, 2.45) is 65.1 Å². The van der Waals surface area contributed by atoms with E-state index in [1.54, 1.807) is 0 Å². The van der Waals surface area contributed by atoms with Gasteiger partial charge in [0.15, 0.2) is 0 Å². The normalized spacial score (nSPS) is 36.0. The summed E-state index contributed by atoms with van der Waals surface area (Å²) in [6.45, 7) is 9.89. The molecule has 7 saturated carbocycles. The van der Waals surface area contributed by atoms with Crippen LogP contribution in [0, 0.1) is 65.1 Å². The summed E-state index contributed by atoms with van der Waals surface area (Å²) >= 11 is 0. The van der Waals surface area contributed by atoms with E-state index in [1.807, 2.05) is 0 Å². The predicted molar refractivity (Wildman–Crippen MR) is 296 cm³/mol. The summed E-state index contributed by atoms with van der Waals surface area (Å²) in [5.41, 5.74) is -0.937. The largest absolute Gasteiger partial charge is 0.463 e. The van der Waals surface area contributed by atoms with Crippen molar-refractivity contribution in [2.45, 2.75) is 288 Å². The molecule has 10 heteroatoms. The smallest absolute Gasteiger partial charge is 0.330 e. The van der Waals surface area contributed by atoms with Crippen LogP contribution in [0.25, 0.3) is 0 Å². The van der Waals surface area contributed by atoms with Crippen molar-refractivity contribution in [1.29, 1.82) is 0 Å². The van der Waals surface area contributed by atoms with Crippen molar-refractivity contribution in [1.82, 2.24) is 4.90 Å². The number of hydrogen-bond acceptors (Lipinski definition) is 9. The summed E-state index contributed by atoms with van der Waals surface area (Å²) in [6, 6.07) is -0.152. The minimum atomic E-state index is -0.937. The molecular formula is C65H107NO9. The molecule has 1 N–H and O–H groups in total. The Morgan fingerprint density at radius 1 is 0.520 bits per heavy atom.